The van der Waals surface area contributed by atoms with Crippen LogP contribution in [0.25, 0.3) is 0 Å². The van der Waals surface area contributed by atoms with Gasteiger partial charge in [0.25, 0.3) is 0 Å². The zero-order valence-electron chi connectivity index (χ0n) is 10.0. The van der Waals surface area contributed by atoms with Gasteiger partial charge in [0.05, 0.1) is 0 Å². The summed E-state index contributed by atoms with van der Waals surface area (Å²) in [6.07, 6.45) is 9.92. The van der Waals surface area contributed by atoms with Gasteiger partial charge in [-0.25, -0.2) is 0 Å². The molecule has 79 valence electrons. The highest BCUT2D eigenvalue weighted by molar-refractivity contribution is 6.79. The van der Waals surface area contributed by atoms with Gasteiger partial charge in [0.2, 0.25) is 0 Å². The normalized spacial score (nSPS) is 12.0. The van der Waals surface area contributed by atoms with E-state index >= 15 is 0 Å². The standard InChI is InChI=1S/C12H27Si/c1-5-6-7-8-9-10-11-12-13(2,3)4/h12H,5-11H2,1-4H3. The molecule has 0 aromatic rings. The van der Waals surface area contributed by atoms with E-state index in [0.717, 1.165) is 0 Å². The molecule has 0 aromatic heterocycles. The molecule has 13 heavy (non-hydrogen) atoms. The zero-order valence-corrected chi connectivity index (χ0v) is 11.0. The molecule has 0 nitrogen and oxygen atoms in total. The van der Waals surface area contributed by atoms with Crippen LogP contribution in [0.3, 0.4) is 0 Å². The van der Waals surface area contributed by atoms with Gasteiger partial charge in [-0.2, -0.15) is 0 Å². The van der Waals surface area contributed by atoms with Gasteiger partial charge in [-0.3, -0.25) is 0 Å². The van der Waals surface area contributed by atoms with Crippen LogP contribution in [0.4, 0.5) is 0 Å². The van der Waals surface area contributed by atoms with E-state index in [4.69, 9.17) is 0 Å². The molecular formula is C12H27Si. The first-order valence-corrected chi connectivity index (χ1v) is 9.48. The third-order valence-electron chi connectivity index (χ3n) is 2.31. The van der Waals surface area contributed by atoms with Crippen molar-refractivity contribution in [2.75, 3.05) is 0 Å². The van der Waals surface area contributed by atoms with Crippen LogP contribution in [0, 0.1) is 6.04 Å². The minimum absolute atomic E-state index is 0.858. The summed E-state index contributed by atoms with van der Waals surface area (Å²) in [4.78, 5) is 0. The summed E-state index contributed by atoms with van der Waals surface area (Å²) in [6.45, 7) is 9.54. The van der Waals surface area contributed by atoms with Crippen molar-refractivity contribution in [2.45, 2.75) is 71.5 Å². The Balaban J connectivity index is 3.00. The van der Waals surface area contributed by atoms with Crippen molar-refractivity contribution in [1.29, 1.82) is 0 Å². The van der Waals surface area contributed by atoms with E-state index in [1.54, 1.807) is 0 Å². The lowest BCUT2D eigenvalue weighted by atomic mass is 10.1. The van der Waals surface area contributed by atoms with Gasteiger partial charge in [0.1, 0.15) is 0 Å². The Morgan fingerprint density at radius 2 is 1.38 bits per heavy atom. The molecule has 0 N–H and O–H groups in total. The van der Waals surface area contributed by atoms with Crippen LogP contribution >= 0.6 is 0 Å². The molecule has 0 aliphatic rings. The van der Waals surface area contributed by atoms with E-state index in [-0.39, 0.29) is 0 Å². The Morgan fingerprint density at radius 1 is 0.846 bits per heavy atom. The molecule has 0 aliphatic carbocycles. The molecule has 0 spiro atoms. The van der Waals surface area contributed by atoms with Crippen molar-refractivity contribution >= 4 is 8.07 Å². The highest BCUT2D eigenvalue weighted by Gasteiger charge is 2.11. The van der Waals surface area contributed by atoms with Crippen LogP contribution < -0.4 is 0 Å². The van der Waals surface area contributed by atoms with Crippen molar-refractivity contribution in [3.8, 4) is 0 Å². The topological polar surface area (TPSA) is 0 Å². The lowest BCUT2D eigenvalue weighted by Gasteiger charge is -2.14. The fraction of sp³-hybridized carbons (Fsp3) is 0.917. The smallest absolute Gasteiger partial charge is 0.0473 e. The molecule has 1 heteroatoms. The average Bonchev–Trinajstić information content (AvgIpc) is 2.01. The molecule has 0 amide bonds. The van der Waals surface area contributed by atoms with Crippen LogP contribution in [-0.2, 0) is 0 Å². The summed E-state index contributed by atoms with van der Waals surface area (Å²) < 4.78 is 0. The predicted molar refractivity (Wildman–Crippen MR) is 65.6 cm³/mol. The van der Waals surface area contributed by atoms with Gasteiger partial charge in [-0.15, -0.1) is 0 Å². The van der Waals surface area contributed by atoms with E-state index in [1.165, 1.54) is 44.9 Å². The Labute approximate surface area is 86.1 Å². The average molecular weight is 199 g/mol. The number of rotatable bonds is 8. The first-order valence-electron chi connectivity index (χ1n) is 5.90. The largest absolute Gasteiger partial charge is 0.0693 e. The quantitative estimate of drug-likeness (QED) is 0.388. The van der Waals surface area contributed by atoms with Crippen LogP contribution in [0.1, 0.15) is 51.9 Å². The minimum atomic E-state index is -0.858. The Hall–Kier alpha value is 0.217. The lowest BCUT2D eigenvalue weighted by Crippen LogP contribution is -2.20. The van der Waals surface area contributed by atoms with Gasteiger partial charge in [-0.05, 0) is 6.04 Å². The first kappa shape index (κ1) is 13.2. The highest BCUT2D eigenvalue weighted by atomic mass is 28.3. The zero-order chi connectivity index (χ0) is 10.2. The fourth-order valence-corrected chi connectivity index (χ4v) is 2.53. The van der Waals surface area contributed by atoms with E-state index in [9.17, 15) is 0 Å². The summed E-state index contributed by atoms with van der Waals surface area (Å²) in [6, 6.07) is 2.59. The van der Waals surface area contributed by atoms with E-state index < -0.39 is 8.07 Å². The molecular weight excluding hydrogens is 172 g/mol. The number of unbranched alkanes of at least 4 members (excludes halogenated alkanes) is 6. The van der Waals surface area contributed by atoms with Gasteiger partial charge in [0, 0.05) is 8.07 Å². The highest BCUT2D eigenvalue weighted by Crippen LogP contribution is 2.13. The Morgan fingerprint density at radius 3 is 1.92 bits per heavy atom. The van der Waals surface area contributed by atoms with Crippen LogP contribution in [-0.4, -0.2) is 8.07 Å². The molecule has 0 aromatic carbocycles. The number of hydrogen-bond donors (Lipinski definition) is 0. The second-order valence-corrected chi connectivity index (χ2v) is 10.3. The van der Waals surface area contributed by atoms with Gasteiger partial charge < -0.3 is 0 Å². The molecule has 0 bridgehead atoms. The summed E-state index contributed by atoms with van der Waals surface area (Å²) in [7, 11) is -0.858. The molecule has 0 saturated carbocycles. The molecule has 0 rings (SSSR count). The third-order valence-corrected chi connectivity index (χ3v) is 3.83. The van der Waals surface area contributed by atoms with Crippen molar-refractivity contribution in [3.63, 3.8) is 0 Å². The molecule has 0 fully saturated rings. The number of hydrogen-bond acceptors (Lipinski definition) is 0. The van der Waals surface area contributed by atoms with Crippen LogP contribution in [0.2, 0.25) is 19.6 Å². The minimum Gasteiger partial charge on any atom is -0.0693 e. The molecule has 0 saturated heterocycles. The molecule has 1 radical (unpaired) electrons. The fourth-order valence-electron chi connectivity index (χ4n) is 1.46. The van der Waals surface area contributed by atoms with Crippen molar-refractivity contribution in [2.24, 2.45) is 0 Å². The SMILES string of the molecule is CCCCCCCC[CH][Si](C)(C)C. The van der Waals surface area contributed by atoms with Gasteiger partial charge in [0.15, 0.2) is 0 Å². The van der Waals surface area contributed by atoms with Crippen LogP contribution in [0.15, 0.2) is 0 Å². The van der Waals surface area contributed by atoms with Gasteiger partial charge >= 0.3 is 0 Å². The monoisotopic (exact) mass is 199 g/mol. The van der Waals surface area contributed by atoms with Crippen molar-refractivity contribution in [1.82, 2.24) is 0 Å². The summed E-state index contributed by atoms with van der Waals surface area (Å²) in [5, 5.41) is 0. The molecule has 0 aliphatic heterocycles. The van der Waals surface area contributed by atoms with Crippen LogP contribution in [0.5, 0.6) is 0 Å². The summed E-state index contributed by atoms with van der Waals surface area (Å²) in [5.41, 5.74) is 0. The predicted octanol–water partition coefficient (Wildman–Crippen LogP) is 4.82. The maximum Gasteiger partial charge on any atom is 0.0473 e. The Kier molecular flexibility index (Phi) is 7.73. The lowest BCUT2D eigenvalue weighted by molar-refractivity contribution is 0.608. The van der Waals surface area contributed by atoms with E-state index in [1.807, 2.05) is 0 Å². The molecule has 0 heterocycles. The summed E-state index contributed by atoms with van der Waals surface area (Å²) >= 11 is 0. The third kappa shape index (κ3) is 12.2. The van der Waals surface area contributed by atoms with Crippen molar-refractivity contribution in [3.05, 3.63) is 6.04 Å². The molecule has 0 unspecified atom stereocenters. The first-order chi connectivity index (χ1) is 6.06. The van der Waals surface area contributed by atoms with Gasteiger partial charge in [-0.1, -0.05) is 71.5 Å². The van der Waals surface area contributed by atoms with Crippen molar-refractivity contribution < 1.29 is 0 Å². The van der Waals surface area contributed by atoms with E-state index in [2.05, 4.69) is 32.6 Å². The maximum atomic E-state index is 2.59. The maximum absolute atomic E-state index is 2.59. The van der Waals surface area contributed by atoms with E-state index in [0.29, 0.717) is 0 Å². The molecule has 0 atom stereocenters. The second-order valence-electron chi connectivity index (χ2n) is 5.13. The summed E-state index contributed by atoms with van der Waals surface area (Å²) in [5.74, 6) is 0. The second kappa shape index (κ2) is 7.60. The Bertz CT molecular complexity index is 102.